The maximum atomic E-state index is 3.24. The third kappa shape index (κ3) is 1.72. The van der Waals surface area contributed by atoms with Gasteiger partial charge in [-0.25, -0.2) is 0 Å². The summed E-state index contributed by atoms with van der Waals surface area (Å²) in [6.07, 6.45) is 6.07. The van der Waals surface area contributed by atoms with Crippen molar-refractivity contribution in [1.29, 1.82) is 0 Å². The van der Waals surface area contributed by atoms with Crippen LogP contribution in [0.3, 0.4) is 0 Å². The molecule has 0 unspecified atom stereocenters. The second kappa shape index (κ2) is 3.35. The van der Waals surface area contributed by atoms with Gasteiger partial charge in [0.05, 0.1) is 5.70 Å². The number of rotatable bonds is 1. The Hall–Kier alpha value is -1.70. The molecule has 0 amide bonds. The fourth-order valence-electron chi connectivity index (χ4n) is 1.31. The Labute approximate surface area is 78.2 Å². The lowest BCUT2D eigenvalue weighted by molar-refractivity contribution is 0.394. The van der Waals surface area contributed by atoms with Gasteiger partial charge in [-0.05, 0) is 17.7 Å². The van der Waals surface area contributed by atoms with Gasteiger partial charge in [0.15, 0.2) is 0 Å². The van der Waals surface area contributed by atoms with E-state index >= 15 is 0 Å². The zero-order chi connectivity index (χ0) is 9.10. The lowest BCUT2D eigenvalue weighted by Gasteiger charge is -2.22. The molecule has 0 radical (unpaired) electrons. The third-order valence-corrected chi connectivity index (χ3v) is 1.95. The first-order valence-corrected chi connectivity index (χ1v) is 4.30. The van der Waals surface area contributed by atoms with Crippen molar-refractivity contribution in [2.45, 2.75) is 0 Å². The Morgan fingerprint density at radius 3 is 2.62 bits per heavy atom. The second-order valence-corrected chi connectivity index (χ2v) is 3.01. The van der Waals surface area contributed by atoms with E-state index in [-0.39, 0.29) is 0 Å². The molecular weight excluding hydrogens is 160 g/mol. The molecular formula is C11H12N2. The standard InChI is InChI=1S/C11H12N2/c1-13-9-5-8-11(12-13)10-6-3-2-4-7-10/h2-9,12H,1H3. The van der Waals surface area contributed by atoms with Gasteiger partial charge >= 0.3 is 0 Å². The first kappa shape index (κ1) is 7.92. The van der Waals surface area contributed by atoms with E-state index in [0.717, 1.165) is 5.70 Å². The van der Waals surface area contributed by atoms with Crippen LogP contribution in [0.25, 0.3) is 5.70 Å². The summed E-state index contributed by atoms with van der Waals surface area (Å²) >= 11 is 0. The van der Waals surface area contributed by atoms with Gasteiger partial charge in [0, 0.05) is 13.2 Å². The average molecular weight is 172 g/mol. The van der Waals surface area contributed by atoms with Gasteiger partial charge in [0.25, 0.3) is 0 Å². The molecule has 2 heteroatoms. The molecule has 1 N–H and O–H groups in total. The summed E-state index contributed by atoms with van der Waals surface area (Å²) in [6, 6.07) is 10.3. The highest BCUT2D eigenvalue weighted by Gasteiger charge is 2.02. The van der Waals surface area contributed by atoms with Crippen LogP contribution in [0.1, 0.15) is 5.56 Å². The topological polar surface area (TPSA) is 15.3 Å². The minimum absolute atomic E-state index is 1.13. The zero-order valence-electron chi connectivity index (χ0n) is 7.57. The molecule has 0 saturated heterocycles. The predicted molar refractivity (Wildman–Crippen MR) is 54.5 cm³/mol. The summed E-state index contributed by atoms with van der Waals surface area (Å²) in [6.45, 7) is 0. The number of hydrazine groups is 1. The van der Waals surface area contributed by atoms with Gasteiger partial charge in [-0.15, -0.1) is 0 Å². The quantitative estimate of drug-likeness (QED) is 0.697. The minimum atomic E-state index is 1.13. The Morgan fingerprint density at radius 1 is 1.15 bits per heavy atom. The van der Waals surface area contributed by atoms with Gasteiger partial charge in [0.2, 0.25) is 0 Å². The summed E-state index contributed by atoms with van der Waals surface area (Å²) in [5, 5.41) is 1.93. The average Bonchev–Trinajstić information content (AvgIpc) is 2.19. The number of nitrogens with zero attached hydrogens (tertiary/aromatic N) is 1. The Bertz CT molecular complexity index is 338. The monoisotopic (exact) mass is 172 g/mol. The molecule has 0 fully saturated rings. The molecule has 1 heterocycles. The van der Waals surface area contributed by atoms with Gasteiger partial charge < -0.3 is 0 Å². The van der Waals surface area contributed by atoms with Gasteiger partial charge in [0.1, 0.15) is 0 Å². The summed E-state index contributed by atoms with van der Waals surface area (Å²) < 4.78 is 0. The highest BCUT2D eigenvalue weighted by Crippen LogP contribution is 2.13. The van der Waals surface area contributed by atoms with Crippen LogP contribution in [-0.2, 0) is 0 Å². The molecule has 0 atom stereocenters. The van der Waals surface area contributed by atoms with Crippen molar-refractivity contribution in [2.75, 3.05) is 7.05 Å². The second-order valence-electron chi connectivity index (χ2n) is 3.01. The zero-order valence-corrected chi connectivity index (χ0v) is 7.57. The van der Waals surface area contributed by atoms with Crippen LogP contribution < -0.4 is 5.43 Å². The number of benzene rings is 1. The van der Waals surface area contributed by atoms with Crippen molar-refractivity contribution >= 4 is 5.70 Å². The van der Waals surface area contributed by atoms with Crippen molar-refractivity contribution < 1.29 is 0 Å². The Balaban J connectivity index is 2.28. The van der Waals surface area contributed by atoms with E-state index in [0.29, 0.717) is 0 Å². The molecule has 66 valence electrons. The molecule has 1 aromatic carbocycles. The van der Waals surface area contributed by atoms with E-state index in [4.69, 9.17) is 0 Å². The van der Waals surface area contributed by atoms with Crippen LogP contribution in [0.5, 0.6) is 0 Å². The predicted octanol–water partition coefficient (Wildman–Crippen LogP) is 1.99. The van der Waals surface area contributed by atoms with Crippen LogP contribution in [-0.4, -0.2) is 12.1 Å². The van der Waals surface area contributed by atoms with E-state index in [1.165, 1.54) is 5.56 Å². The van der Waals surface area contributed by atoms with Crippen LogP contribution in [0.15, 0.2) is 48.7 Å². The maximum Gasteiger partial charge on any atom is 0.0614 e. The van der Waals surface area contributed by atoms with E-state index in [1.54, 1.807) is 0 Å². The lowest BCUT2D eigenvalue weighted by Crippen LogP contribution is -2.29. The summed E-state index contributed by atoms with van der Waals surface area (Å²) in [5.74, 6) is 0. The summed E-state index contributed by atoms with van der Waals surface area (Å²) in [5.41, 5.74) is 5.58. The van der Waals surface area contributed by atoms with Crippen molar-refractivity contribution in [3.05, 3.63) is 54.2 Å². The number of hydrogen-bond donors (Lipinski definition) is 1. The molecule has 0 aromatic heterocycles. The van der Waals surface area contributed by atoms with Crippen LogP contribution in [0.2, 0.25) is 0 Å². The van der Waals surface area contributed by atoms with E-state index < -0.39 is 0 Å². The molecule has 1 aromatic rings. The van der Waals surface area contributed by atoms with Crippen molar-refractivity contribution in [3.8, 4) is 0 Å². The first-order valence-electron chi connectivity index (χ1n) is 4.30. The third-order valence-electron chi connectivity index (χ3n) is 1.95. The van der Waals surface area contributed by atoms with E-state index in [2.05, 4.69) is 23.6 Å². The molecule has 0 aliphatic carbocycles. The largest absolute Gasteiger partial charge is 0.299 e. The van der Waals surface area contributed by atoms with Gasteiger partial charge in [-0.3, -0.25) is 10.4 Å². The molecule has 0 saturated carbocycles. The highest BCUT2D eigenvalue weighted by atomic mass is 15.5. The smallest absolute Gasteiger partial charge is 0.0614 e. The molecule has 13 heavy (non-hydrogen) atoms. The fraction of sp³-hybridized carbons (Fsp3) is 0.0909. The van der Waals surface area contributed by atoms with Crippen LogP contribution in [0, 0.1) is 0 Å². The molecule has 0 bridgehead atoms. The van der Waals surface area contributed by atoms with Crippen molar-refractivity contribution in [1.82, 2.24) is 10.4 Å². The van der Waals surface area contributed by atoms with E-state index in [1.807, 2.05) is 42.5 Å². The molecule has 2 rings (SSSR count). The lowest BCUT2D eigenvalue weighted by atomic mass is 10.1. The fourth-order valence-corrected chi connectivity index (χ4v) is 1.31. The van der Waals surface area contributed by atoms with Crippen LogP contribution in [0.4, 0.5) is 0 Å². The maximum absolute atomic E-state index is 3.24. The van der Waals surface area contributed by atoms with E-state index in [9.17, 15) is 0 Å². The molecule has 1 aliphatic heterocycles. The number of allylic oxidation sites excluding steroid dienone is 2. The van der Waals surface area contributed by atoms with Gasteiger partial charge in [-0.2, -0.15) is 0 Å². The van der Waals surface area contributed by atoms with Crippen LogP contribution >= 0.6 is 0 Å². The SMILES string of the molecule is CN1C=CC=C(c2ccccc2)N1. The van der Waals surface area contributed by atoms with Crippen molar-refractivity contribution in [3.63, 3.8) is 0 Å². The summed E-state index contributed by atoms with van der Waals surface area (Å²) in [4.78, 5) is 0. The normalized spacial score (nSPS) is 15.2. The molecule has 2 nitrogen and oxygen atoms in total. The highest BCUT2D eigenvalue weighted by molar-refractivity contribution is 5.65. The summed E-state index contributed by atoms with van der Waals surface area (Å²) in [7, 11) is 1.98. The number of hydrogen-bond acceptors (Lipinski definition) is 2. The number of nitrogens with one attached hydrogen (secondary N) is 1. The Morgan fingerprint density at radius 2 is 1.92 bits per heavy atom. The minimum Gasteiger partial charge on any atom is -0.299 e. The Kier molecular flexibility index (Phi) is 2.04. The van der Waals surface area contributed by atoms with Gasteiger partial charge in [-0.1, -0.05) is 30.3 Å². The molecule has 1 aliphatic rings. The first-order chi connectivity index (χ1) is 6.36. The molecule has 0 spiro atoms. The van der Waals surface area contributed by atoms with Crippen molar-refractivity contribution in [2.24, 2.45) is 0 Å².